The molecule has 8 heteroatoms. The molecule has 0 bridgehead atoms. The van der Waals surface area contributed by atoms with Crippen LogP contribution in [0.25, 0.3) is 0 Å². The van der Waals surface area contributed by atoms with E-state index in [1.54, 1.807) is 45.9 Å². The Labute approximate surface area is 154 Å². The zero-order valence-electron chi connectivity index (χ0n) is 15.0. The van der Waals surface area contributed by atoms with Crippen LogP contribution in [-0.2, 0) is 14.8 Å². The van der Waals surface area contributed by atoms with Crippen molar-refractivity contribution in [1.29, 1.82) is 0 Å². The largest absolute Gasteiger partial charge is 0.444 e. The Morgan fingerprint density at radius 2 is 1.88 bits per heavy atom. The number of amides is 1. The van der Waals surface area contributed by atoms with Crippen molar-refractivity contribution in [3.8, 4) is 0 Å². The summed E-state index contributed by atoms with van der Waals surface area (Å²) in [6, 6.07) is 4.79. The molecule has 0 aliphatic carbocycles. The fourth-order valence-electron chi connectivity index (χ4n) is 2.72. The van der Waals surface area contributed by atoms with E-state index in [1.165, 1.54) is 4.31 Å². The fourth-order valence-corrected chi connectivity index (χ4v) is 4.67. The molecule has 0 atom stereocenters. The van der Waals surface area contributed by atoms with Gasteiger partial charge in [-0.3, -0.25) is 0 Å². The molecule has 0 unspecified atom stereocenters. The van der Waals surface area contributed by atoms with E-state index in [0.717, 1.165) is 0 Å². The molecule has 1 aromatic rings. The molecular weight excluding hydrogens is 364 g/mol. The highest BCUT2D eigenvalue weighted by atomic mass is 35.5. The lowest BCUT2D eigenvalue weighted by Gasteiger charge is -2.32. The van der Waals surface area contributed by atoms with Crippen LogP contribution in [0.15, 0.2) is 23.1 Å². The maximum Gasteiger partial charge on any atom is 0.407 e. The van der Waals surface area contributed by atoms with Crippen LogP contribution in [0.4, 0.5) is 4.79 Å². The van der Waals surface area contributed by atoms with Gasteiger partial charge >= 0.3 is 6.09 Å². The molecule has 1 aliphatic heterocycles. The smallest absolute Gasteiger partial charge is 0.407 e. The third kappa shape index (κ3) is 5.09. The van der Waals surface area contributed by atoms with Gasteiger partial charge in [0.05, 0.1) is 4.90 Å². The number of carbonyl (C=O) groups excluding carboxylic acids is 1. The molecule has 0 radical (unpaired) electrons. The second-order valence-corrected chi connectivity index (χ2v) is 9.50. The Kier molecular flexibility index (Phi) is 6.01. The number of halogens is 1. The summed E-state index contributed by atoms with van der Waals surface area (Å²) in [5.74, 6) is 0. The summed E-state index contributed by atoms with van der Waals surface area (Å²) in [6.45, 7) is 7.79. The van der Waals surface area contributed by atoms with Gasteiger partial charge in [0.25, 0.3) is 0 Å². The number of ether oxygens (including phenoxy) is 1. The SMILES string of the molecule is Cc1c(Cl)cccc1S(=O)(=O)N1CCC(NC(=O)OC(C)(C)C)CC1. The molecule has 1 amide bonds. The van der Waals surface area contributed by atoms with Crippen LogP contribution in [0, 0.1) is 6.92 Å². The van der Waals surface area contributed by atoms with Crippen LogP contribution in [0.1, 0.15) is 39.2 Å². The molecule has 140 valence electrons. The van der Waals surface area contributed by atoms with Gasteiger partial charge in [-0.05, 0) is 58.2 Å². The van der Waals surface area contributed by atoms with E-state index < -0.39 is 21.7 Å². The van der Waals surface area contributed by atoms with Gasteiger partial charge in [-0.15, -0.1) is 0 Å². The number of piperidine rings is 1. The number of hydrogen-bond donors (Lipinski definition) is 1. The first kappa shape index (κ1) is 20.0. The summed E-state index contributed by atoms with van der Waals surface area (Å²) >= 11 is 6.05. The van der Waals surface area contributed by atoms with Gasteiger partial charge < -0.3 is 10.1 Å². The first-order valence-electron chi connectivity index (χ1n) is 8.25. The van der Waals surface area contributed by atoms with Crippen molar-refractivity contribution >= 4 is 27.7 Å². The van der Waals surface area contributed by atoms with Gasteiger partial charge in [-0.1, -0.05) is 17.7 Å². The molecule has 1 aromatic carbocycles. The van der Waals surface area contributed by atoms with E-state index in [0.29, 0.717) is 36.5 Å². The summed E-state index contributed by atoms with van der Waals surface area (Å²) in [5, 5.41) is 3.24. The normalized spacial score (nSPS) is 17.3. The van der Waals surface area contributed by atoms with E-state index in [1.807, 2.05) is 0 Å². The molecule has 2 rings (SSSR count). The minimum Gasteiger partial charge on any atom is -0.444 e. The van der Waals surface area contributed by atoms with Crippen molar-refractivity contribution in [2.75, 3.05) is 13.1 Å². The second-order valence-electron chi connectivity index (χ2n) is 7.19. The van der Waals surface area contributed by atoms with Crippen molar-refractivity contribution < 1.29 is 17.9 Å². The highest BCUT2D eigenvalue weighted by Gasteiger charge is 2.31. The van der Waals surface area contributed by atoms with Crippen molar-refractivity contribution in [3.63, 3.8) is 0 Å². The van der Waals surface area contributed by atoms with Crippen LogP contribution in [0.3, 0.4) is 0 Å². The quantitative estimate of drug-likeness (QED) is 0.861. The number of benzene rings is 1. The Morgan fingerprint density at radius 3 is 2.44 bits per heavy atom. The topological polar surface area (TPSA) is 75.7 Å². The Morgan fingerprint density at radius 1 is 1.28 bits per heavy atom. The molecule has 1 heterocycles. The van der Waals surface area contributed by atoms with E-state index in [-0.39, 0.29) is 10.9 Å². The summed E-state index contributed by atoms with van der Waals surface area (Å²) in [4.78, 5) is 12.1. The minimum atomic E-state index is -3.59. The third-order valence-corrected chi connectivity index (χ3v) is 6.46. The molecule has 1 aliphatic rings. The third-order valence-electron chi connectivity index (χ3n) is 4.01. The number of rotatable bonds is 3. The molecule has 0 saturated carbocycles. The first-order valence-corrected chi connectivity index (χ1v) is 10.1. The lowest BCUT2D eigenvalue weighted by molar-refractivity contribution is 0.0489. The Balaban J connectivity index is 2.00. The fraction of sp³-hybridized carbons (Fsp3) is 0.588. The van der Waals surface area contributed by atoms with Gasteiger partial charge in [0.1, 0.15) is 5.60 Å². The van der Waals surface area contributed by atoms with Gasteiger partial charge in [0, 0.05) is 24.2 Å². The van der Waals surface area contributed by atoms with Crippen LogP contribution in [0.5, 0.6) is 0 Å². The van der Waals surface area contributed by atoms with Gasteiger partial charge in [-0.25, -0.2) is 13.2 Å². The summed E-state index contributed by atoms with van der Waals surface area (Å²) in [5.41, 5.74) is -0.00345. The van der Waals surface area contributed by atoms with Crippen LogP contribution in [0.2, 0.25) is 5.02 Å². The summed E-state index contributed by atoms with van der Waals surface area (Å²) in [6.07, 6.45) is 0.607. The van der Waals surface area contributed by atoms with Gasteiger partial charge in [0.2, 0.25) is 10.0 Å². The average Bonchev–Trinajstić information content (AvgIpc) is 2.48. The predicted octanol–water partition coefficient (Wildman–Crippen LogP) is 3.33. The lowest BCUT2D eigenvalue weighted by Crippen LogP contribution is -2.47. The van der Waals surface area contributed by atoms with Crippen LogP contribution in [-0.4, -0.2) is 43.5 Å². The number of carbonyl (C=O) groups is 1. The molecule has 1 saturated heterocycles. The van der Waals surface area contributed by atoms with Gasteiger partial charge in [0.15, 0.2) is 0 Å². The molecule has 0 spiro atoms. The maximum absolute atomic E-state index is 12.8. The first-order chi connectivity index (χ1) is 11.5. The Hall–Kier alpha value is -1.31. The van der Waals surface area contributed by atoms with Crippen LogP contribution >= 0.6 is 11.6 Å². The number of nitrogens with zero attached hydrogens (tertiary/aromatic N) is 1. The number of hydrogen-bond acceptors (Lipinski definition) is 4. The average molecular weight is 389 g/mol. The molecule has 1 N–H and O–H groups in total. The van der Waals surface area contributed by atoms with E-state index in [9.17, 15) is 13.2 Å². The second kappa shape index (κ2) is 7.51. The summed E-state index contributed by atoms with van der Waals surface area (Å²) < 4.78 is 32.3. The van der Waals surface area contributed by atoms with E-state index in [4.69, 9.17) is 16.3 Å². The van der Waals surface area contributed by atoms with E-state index >= 15 is 0 Å². The maximum atomic E-state index is 12.8. The zero-order chi connectivity index (χ0) is 18.8. The van der Waals surface area contributed by atoms with Crippen molar-refractivity contribution in [2.45, 2.75) is 57.1 Å². The number of nitrogens with one attached hydrogen (secondary N) is 1. The molecule has 6 nitrogen and oxygen atoms in total. The molecular formula is C17H25ClN2O4S. The molecule has 25 heavy (non-hydrogen) atoms. The van der Waals surface area contributed by atoms with E-state index in [2.05, 4.69) is 5.32 Å². The minimum absolute atomic E-state index is 0.0956. The van der Waals surface area contributed by atoms with Crippen molar-refractivity contribution in [1.82, 2.24) is 9.62 Å². The molecule has 0 aromatic heterocycles. The number of sulfonamides is 1. The van der Waals surface area contributed by atoms with Gasteiger partial charge in [-0.2, -0.15) is 4.31 Å². The summed E-state index contributed by atoms with van der Waals surface area (Å²) in [7, 11) is -3.59. The standard InChI is InChI=1S/C17H25ClN2O4S/c1-12-14(18)6-5-7-15(12)25(22,23)20-10-8-13(9-11-20)19-16(21)24-17(2,3)4/h5-7,13H,8-11H2,1-4H3,(H,19,21). The lowest BCUT2D eigenvalue weighted by atomic mass is 10.1. The predicted molar refractivity (Wildman–Crippen MR) is 97.3 cm³/mol. The van der Waals surface area contributed by atoms with Crippen molar-refractivity contribution in [2.24, 2.45) is 0 Å². The Bertz CT molecular complexity index is 736. The van der Waals surface area contributed by atoms with Crippen LogP contribution < -0.4 is 5.32 Å². The van der Waals surface area contributed by atoms with Crippen molar-refractivity contribution in [3.05, 3.63) is 28.8 Å². The highest BCUT2D eigenvalue weighted by molar-refractivity contribution is 7.89. The monoisotopic (exact) mass is 388 g/mol. The number of alkyl carbamates (subject to hydrolysis) is 1. The highest BCUT2D eigenvalue weighted by Crippen LogP contribution is 2.27. The zero-order valence-corrected chi connectivity index (χ0v) is 16.6. The molecule has 1 fully saturated rings.